The number of unbranched alkanes of at least 4 members (excludes halogenated alkanes) is 3. The Bertz CT molecular complexity index is 592. The Morgan fingerprint density at radius 1 is 1.16 bits per heavy atom. The number of carbonyl (C=O) groups excluding carboxylic acids is 1. The van der Waals surface area contributed by atoms with Gasteiger partial charge in [-0.1, -0.05) is 6.42 Å². The molecule has 1 amide bonds. The highest BCUT2D eigenvalue weighted by Gasteiger charge is 2.17. The van der Waals surface area contributed by atoms with Gasteiger partial charge in [-0.3, -0.25) is 4.79 Å². The summed E-state index contributed by atoms with van der Waals surface area (Å²) in [7, 11) is 3.10. The first-order chi connectivity index (χ1) is 11.8. The second-order valence-corrected chi connectivity index (χ2v) is 6.85. The smallest absolute Gasteiger partial charge is 0.251 e. The topological polar surface area (TPSA) is 73.6 Å². The summed E-state index contributed by atoms with van der Waals surface area (Å²) < 4.78 is 11.4. The van der Waals surface area contributed by atoms with Crippen LogP contribution in [0, 0.1) is 5.21 Å². The minimum Gasteiger partial charge on any atom is -0.624 e. The van der Waals surface area contributed by atoms with Crippen molar-refractivity contribution in [2.45, 2.75) is 52.0 Å². The van der Waals surface area contributed by atoms with Gasteiger partial charge >= 0.3 is 0 Å². The SMILES string of the molecule is COc1ccc(C(=O)NCCCCC/C=[N+](\[O-])C(C)(C)C)cc1OC. The highest BCUT2D eigenvalue weighted by Crippen LogP contribution is 2.27. The van der Waals surface area contributed by atoms with Gasteiger partial charge in [-0.25, -0.2) is 4.74 Å². The molecule has 0 bridgehead atoms. The fourth-order valence-electron chi connectivity index (χ4n) is 2.21. The predicted molar refractivity (Wildman–Crippen MR) is 99.8 cm³/mol. The van der Waals surface area contributed by atoms with Gasteiger partial charge in [-0.2, -0.15) is 0 Å². The first kappa shape index (κ1) is 20.8. The van der Waals surface area contributed by atoms with Gasteiger partial charge < -0.3 is 20.0 Å². The molecule has 0 heterocycles. The second-order valence-electron chi connectivity index (χ2n) is 6.85. The van der Waals surface area contributed by atoms with Crippen molar-refractivity contribution in [3.8, 4) is 11.5 Å². The van der Waals surface area contributed by atoms with Crippen LogP contribution in [0.5, 0.6) is 11.5 Å². The number of ether oxygens (including phenoxy) is 2. The number of carbonyl (C=O) groups is 1. The van der Waals surface area contributed by atoms with Crippen LogP contribution in [0.4, 0.5) is 0 Å². The lowest BCUT2D eigenvalue weighted by molar-refractivity contribution is -0.532. The van der Waals surface area contributed by atoms with Crippen molar-refractivity contribution in [3.05, 3.63) is 29.0 Å². The molecule has 0 saturated heterocycles. The van der Waals surface area contributed by atoms with Crippen LogP contribution in [-0.4, -0.2) is 43.2 Å². The van der Waals surface area contributed by atoms with E-state index >= 15 is 0 Å². The molecule has 1 N–H and O–H groups in total. The maximum absolute atomic E-state index is 12.1. The standard InChI is InChI=1S/C19H30N2O4/c1-19(2,3)21(23)13-9-7-6-8-12-20-18(22)15-10-11-16(24-4)17(14-15)25-5/h10-11,13-14H,6-9,12H2,1-5H3,(H,20,22)/b21-13-. The van der Waals surface area contributed by atoms with Crippen LogP contribution in [-0.2, 0) is 0 Å². The molecule has 0 radical (unpaired) electrons. The van der Waals surface area contributed by atoms with Crippen molar-refractivity contribution in [1.82, 2.24) is 5.32 Å². The molecule has 0 fully saturated rings. The number of nitrogens with one attached hydrogen (secondary N) is 1. The summed E-state index contributed by atoms with van der Waals surface area (Å²) in [5.74, 6) is 0.996. The summed E-state index contributed by atoms with van der Waals surface area (Å²) in [5, 5.41) is 14.6. The van der Waals surface area contributed by atoms with Gasteiger partial charge in [0.1, 0.15) is 0 Å². The largest absolute Gasteiger partial charge is 0.624 e. The molecule has 0 spiro atoms. The van der Waals surface area contributed by atoms with Crippen LogP contribution >= 0.6 is 0 Å². The van der Waals surface area contributed by atoms with Crippen LogP contribution in [0.2, 0.25) is 0 Å². The van der Waals surface area contributed by atoms with E-state index in [0.29, 0.717) is 23.6 Å². The summed E-state index contributed by atoms with van der Waals surface area (Å²) in [6, 6.07) is 5.09. The highest BCUT2D eigenvalue weighted by atomic mass is 16.5. The van der Waals surface area contributed by atoms with E-state index in [4.69, 9.17) is 9.47 Å². The molecule has 6 nitrogen and oxygen atoms in total. The Morgan fingerprint density at radius 3 is 2.44 bits per heavy atom. The minimum absolute atomic E-state index is 0.133. The average molecular weight is 350 g/mol. The normalized spacial score (nSPS) is 12.0. The van der Waals surface area contributed by atoms with E-state index in [1.807, 2.05) is 20.8 Å². The van der Waals surface area contributed by atoms with Crippen molar-refractivity contribution in [2.24, 2.45) is 0 Å². The fraction of sp³-hybridized carbons (Fsp3) is 0.579. The molecule has 1 aromatic carbocycles. The predicted octanol–water partition coefficient (Wildman–Crippen LogP) is 3.37. The number of nitrogens with zero attached hydrogens (tertiary/aromatic N) is 1. The van der Waals surface area contributed by atoms with Crippen LogP contribution in [0.3, 0.4) is 0 Å². The van der Waals surface area contributed by atoms with Gasteiger partial charge in [0.15, 0.2) is 23.3 Å². The van der Waals surface area contributed by atoms with E-state index in [1.165, 1.54) is 0 Å². The van der Waals surface area contributed by atoms with E-state index in [1.54, 1.807) is 38.6 Å². The zero-order chi connectivity index (χ0) is 18.9. The van der Waals surface area contributed by atoms with Crippen LogP contribution in [0.15, 0.2) is 18.2 Å². The van der Waals surface area contributed by atoms with Crippen molar-refractivity contribution in [1.29, 1.82) is 0 Å². The summed E-state index contributed by atoms with van der Waals surface area (Å²) in [6.07, 6.45) is 5.22. The van der Waals surface area contributed by atoms with E-state index in [9.17, 15) is 10.0 Å². The van der Waals surface area contributed by atoms with Gasteiger partial charge in [0.05, 0.1) is 14.2 Å². The third kappa shape index (κ3) is 7.03. The number of amides is 1. The quantitative estimate of drug-likeness (QED) is 0.244. The molecule has 0 aliphatic rings. The Kier molecular flexibility index (Phi) is 8.25. The number of rotatable bonds is 9. The van der Waals surface area contributed by atoms with E-state index in [0.717, 1.165) is 30.4 Å². The van der Waals surface area contributed by atoms with Gasteiger partial charge in [-0.15, -0.1) is 0 Å². The Balaban J connectivity index is 2.32. The number of benzene rings is 1. The third-order valence-electron chi connectivity index (χ3n) is 3.77. The molecule has 25 heavy (non-hydrogen) atoms. The molecule has 1 aromatic rings. The van der Waals surface area contributed by atoms with Crippen molar-refractivity contribution in [3.63, 3.8) is 0 Å². The molecule has 0 aromatic heterocycles. The monoisotopic (exact) mass is 350 g/mol. The molecule has 0 saturated carbocycles. The van der Waals surface area contributed by atoms with Gasteiger partial charge in [0, 0.05) is 39.3 Å². The summed E-state index contributed by atoms with van der Waals surface area (Å²) >= 11 is 0. The van der Waals surface area contributed by atoms with Crippen LogP contribution in [0.25, 0.3) is 0 Å². The maximum atomic E-state index is 12.1. The lowest BCUT2D eigenvalue weighted by atomic mass is 10.1. The van der Waals surface area contributed by atoms with Crippen molar-refractivity contribution < 1.29 is 19.0 Å². The summed E-state index contributed by atoms with van der Waals surface area (Å²) in [6.45, 7) is 6.27. The van der Waals surface area contributed by atoms with Crippen LogP contribution < -0.4 is 14.8 Å². The first-order valence-electron chi connectivity index (χ1n) is 8.59. The molecular formula is C19H30N2O4. The Morgan fingerprint density at radius 2 is 1.84 bits per heavy atom. The third-order valence-corrected chi connectivity index (χ3v) is 3.77. The second kappa shape index (κ2) is 9.91. The zero-order valence-corrected chi connectivity index (χ0v) is 15.9. The highest BCUT2D eigenvalue weighted by molar-refractivity contribution is 5.94. The van der Waals surface area contributed by atoms with E-state index in [2.05, 4.69) is 5.32 Å². The lowest BCUT2D eigenvalue weighted by Crippen LogP contribution is -2.29. The fourth-order valence-corrected chi connectivity index (χ4v) is 2.21. The van der Waals surface area contributed by atoms with Crippen molar-refractivity contribution in [2.75, 3.05) is 20.8 Å². The van der Waals surface area contributed by atoms with Gasteiger partial charge in [0.2, 0.25) is 0 Å². The molecule has 0 atom stereocenters. The lowest BCUT2D eigenvalue weighted by Gasteiger charge is -2.18. The van der Waals surface area contributed by atoms with E-state index in [-0.39, 0.29) is 11.4 Å². The van der Waals surface area contributed by atoms with Crippen molar-refractivity contribution >= 4 is 12.1 Å². The molecule has 140 valence electrons. The maximum Gasteiger partial charge on any atom is 0.251 e. The Labute approximate surface area is 150 Å². The molecule has 0 aliphatic heterocycles. The zero-order valence-electron chi connectivity index (χ0n) is 15.9. The average Bonchev–Trinajstić information content (AvgIpc) is 2.58. The molecule has 1 rings (SSSR count). The number of hydrogen-bond donors (Lipinski definition) is 1. The molecule has 0 unspecified atom stereocenters. The molecule has 0 aliphatic carbocycles. The Hall–Kier alpha value is -2.24. The summed E-state index contributed by atoms with van der Waals surface area (Å²) in [5.41, 5.74) is 0.158. The first-order valence-corrected chi connectivity index (χ1v) is 8.59. The molecule has 6 heteroatoms. The van der Waals surface area contributed by atoms with E-state index < -0.39 is 0 Å². The van der Waals surface area contributed by atoms with Gasteiger partial charge in [-0.05, 0) is 31.0 Å². The number of hydrogen-bond acceptors (Lipinski definition) is 4. The number of hydroxylamine groups is 1. The van der Waals surface area contributed by atoms with Gasteiger partial charge in [0.25, 0.3) is 5.91 Å². The van der Waals surface area contributed by atoms with Crippen LogP contribution in [0.1, 0.15) is 56.8 Å². The molecular weight excluding hydrogens is 320 g/mol. The minimum atomic E-state index is -0.382. The number of methoxy groups -OCH3 is 2. The summed E-state index contributed by atoms with van der Waals surface area (Å²) in [4.78, 5) is 12.1.